The number of ether oxygens (including phenoxy) is 1. The van der Waals surface area contributed by atoms with Crippen LogP contribution in [0.15, 0.2) is 78.3 Å². The molecule has 0 bridgehead atoms. The summed E-state index contributed by atoms with van der Waals surface area (Å²) in [7, 11) is 0. The minimum absolute atomic E-state index is 0. The molecule has 6 nitrogen and oxygen atoms in total. The van der Waals surface area contributed by atoms with Crippen molar-refractivity contribution >= 4 is 29.9 Å². The number of aromatic nitrogens is 2. The van der Waals surface area contributed by atoms with Gasteiger partial charge in [0.25, 0.3) is 0 Å². The van der Waals surface area contributed by atoms with Crippen LogP contribution >= 0.6 is 24.0 Å². The van der Waals surface area contributed by atoms with E-state index >= 15 is 0 Å². The highest BCUT2D eigenvalue weighted by Crippen LogP contribution is 2.09. The summed E-state index contributed by atoms with van der Waals surface area (Å²) in [6.07, 6.45) is 6.51. The Morgan fingerprint density at radius 3 is 2.67 bits per heavy atom. The molecule has 0 aliphatic rings. The van der Waals surface area contributed by atoms with Crippen LogP contribution in [0.2, 0.25) is 0 Å². The van der Waals surface area contributed by atoms with E-state index in [9.17, 15) is 0 Å². The van der Waals surface area contributed by atoms with E-state index in [0.717, 1.165) is 37.8 Å². The number of halogens is 1. The molecule has 160 valence electrons. The van der Waals surface area contributed by atoms with Gasteiger partial charge in [0.2, 0.25) is 0 Å². The first-order chi connectivity index (χ1) is 14.3. The zero-order chi connectivity index (χ0) is 20.2. The van der Waals surface area contributed by atoms with E-state index in [1.54, 1.807) is 6.20 Å². The quantitative estimate of drug-likeness (QED) is 0.184. The van der Waals surface area contributed by atoms with Crippen molar-refractivity contribution < 1.29 is 4.74 Å². The molecule has 3 rings (SSSR count). The Morgan fingerprint density at radius 1 is 1.07 bits per heavy atom. The lowest BCUT2D eigenvalue weighted by molar-refractivity contribution is 0.311. The van der Waals surface area contributed by atoms with Gasteiger partial charge in [-0.3, -0.25) is 0 Å². The molecule has 2 N–H and O–H groups in total. The standard InChI is InChI=1S/C23H29N5O.HI/c1-2-25-23(26-12-7-15-29-22-10-4-3-5-11-22)27-17-20-8-6-9-21(16-20)18-28-14-13-24-19-28;/h3-6,8-11,13-14,16,19H,2,7,12,15,17-18H2,1H3,(H2,25,26,27);1H. The van der Waals surface area contributed by atoms with Crippen LogP contribution in [0.4, 0.5) is 0 Å². The smallest absolute Gasteiger partial charge is 0.191 e. The van der Waals surface area contributed by atoms with Gasteiger partial charge >= 0.3 is 0 Å². The number of aliphatic imine (C=N–C) groups is 1. The molecule has 0 atom stereocenters. The Hall–Kier alpha value is -2.55. The van der Waals surface area contributed by atoms with Crippen molar-refractivity contribution in [1.29, 1.82) is 0 Å². The first-order valence-electron chi connectivity index (χ1n) is 10.1. The van der Waals surface area contributed by atoms with Gasteiger partial charge in [0.05, 0.1) is 19.5 Å². The molecule has 3 aromatic rings. The van der Waals surface area contributed by atoms with Gasteiger partial charge in [-0.05, 0) is 36.6 Å². The first kappa shape index (κ1) is 23.7. The van der Waals surface area contributed by atoms with Crippen LogP contribution in [0.3, 0.4) is 0 Å². The number of nitrogens with zero attached hydrogens (tertiary/aromatic N) is 3. The van der Waals surface area contributed by atoms with Gasteiger partial charge in [0.1, 0.15) is 5.75 Å². The second kappa shape index (κ2) is 13.6. The Kier molecular flexibility index (Phi) is 10.8. The molecule has 0 unspecified atom stereocenters. The molecular formula is C23H30IN5O. The second-order valence-corrected chi connectivity index (χ2v) is 6.69. The van der Waals surface area contributed by atoms with Crippen LogP contribution in [0, 0.1) is 0 Å². The third kappa shape index (κ3) is 8.44. The van der Waals surface area contributed by atoms with Crippen molar-refractivity contribution in [1.82, 2.24) is 20.2 Å². The third-order valence-electron chi connectivity index (χ3n) is 4.31. The summed E-state index contributed by atoms with van der Waals surface area (Å²) in [6.45, 7) is 5.82. The number of benzene rings is 2. The van der Waals surface area contributed by atoms with Gasteiger partial charge < -0.3 is 19.9 Å². The molecule has 2 aromatic carbocycles. The van der Waals surface area contributed by atoms with E-state index in [1.165, 1.54) is 11.1 Å². The molecule has 0 spiro atoms. The molecule has 0 amide bonds. The maximum Gasteiger partial charge on any atom is 0.191 e. The number of hydrogen-bond acceptors (Lipinski definition) is 3. The van der Waals surface area contributed by atoms with E-state index in [-0.39, 0.29) is 24.0 Å². The lowest BCUT2D eigenvalue weighted by Crippen LogP contribution is -2.38. The molecule has 0 aliphatic heterocycles. The van der Waals surface area contributed by atoms with E-state index < -0.39 is 0 Å². The summed E-state index contributed by atoms with van der Waals surface area (Å²) >= 11 is 0. The Balaban J connectivity index is 0.00000320. The van der Waals surface area contributed by atoms with E-state index in [2.05, 4.69) is 51.4 Å². The number of rotatable bonds is 10. The monoisotopic (exact) mass is 519 g/mol. The van der Waals surface area contributed by atoms with Crippen molar-refractivity contribution in [2.45, 2.75) is 26.4 Å². The zero-order valence-corrected chi connectivity index (χ0v) is 19.7. The highest BCUT2D eigenvalue weighted by atomic mass is 127. The summed E-state index contributed by atoms with van der Waals surface area (Å²) < 4.78 is 7.79. The van der Waals surface area contributed by atoms with E-state index in [0.29, 0.717) is 13.2 Å². The van der Waals surface area contributed by atoms with Crippen molar-refractivity contribution in [3.8, 4) is 5.75 Å². The second-order valence-electron chi connectivity index (χ2n) is 6.69. The van der Waals surface area contributed by atoms with Crippen LogP contribution in [0.5, 0.6) is 5.75 Å². The highest BCUT2D eigenvalue weighted by molar-refractivity contribution is 14.0. The summed E-state index contributed by atoms with van der Waals surface area (Å²) in [4.78, 5) is 8.81. The predicted octanol–water partition coefficient (Wildman–Crippen LogP) is 4.07. The fourth-order valence-corrected chi connectivity index (χ4v) is 2.92. The molecule has 0 saturated carbocycles. The maximum absolute atomic E-state index is 5.73. The minimum Gasteiger partial charge on any atom is -0.494 e. The summed E-state index contributed by atoms with van der Waals surface area (Å²) in [5, 5.41) is 6.67. The lowest BCUT2D eigenvalue weighted by atomic mass is 10.1. The van der Waals surface area contributed by atoms with Crippen molar-refractivity contribution in [2.75, 3.05) is 19.7 Å². The molecule has 30 heavy (non-hydrogen) atoms. The normalized spacial score (nSPS) is 10.9. The zero-order valence-electron chi connectivity index (χ0n) is 17.3. The summed E-state index contributed by atoms with van der Waals surface area (Å²) in [5.74, 6) is 1.73. The van der Waals surface area contributed by atoms with Crippen LogP contribution < -0.4 is 15.4 Å². The van der Waals surface area contributed by atoms with Crippen molar-refractivity contribution in [3.63, 3.8) is 0 Å². The molecule has 0 saturated heterocycles. The third-order valence-corrected chi connectivity index (χ3v) is 4.31. The van der Waals surface area contributed by atoms with Gasteiger partial charge in [-0.2, -0.15) is 0 Å². The fourth-order valence-electron chi connectivity index (χ4n) is 2.92. The van der Waals surface area contributed by atoms with Crippen LogP contribution in [-0.2, 0) is 13.1 Å². The molecule has 7 heteroatoms. The summed E-state index contributed by atoms with van der Waals surface area (Å²) in [5.41, 5.74) is 2.43. The molecule has 1 aromatic heterocycles. The number of nitrogens with one attached hydrogen (secondary N) is 2. The fraction of sp³-hybridized carbons (Fsp3) is 0.304. The Bertz CT molecular complexity index is 868. The van der Waals surface area contributed by atoms with Crippen LogP contribution in [0.25, 0.3) is 0 Å². The van der Waals surface area contributed by atoms with Crippen molar-refractivity contribution in [3.05, 3.63) is 84.4 Å². The van der Waals surface area contributed by atoms with Crippen molar-refractivity contribution in [2.24, 2.45) is 4.99 Å². The van der Waals surface area contributed by atoms with Gasteiger partial charge in [-0.25, -0.2) is 9.98 Å². The molecular weight excluding hydrogens is 489 g/mol. The summed E-state index contributed by atoms with van der Waals surface area (Å²) in [6, 6.07) is 18.4. The highest BCUT2D eigenvalue weighted by Gasteiger charge is 2.00. The Labute approximate surface area is 195 Å². The van der Waals surface area contributed by atoms with Gasteiger partial charge in [0.15, 0.2) is 5.96 Å². The van der Waals surface area contributed by atoms with Gasteiger partial charge in [0, 0.05) is 32.0 Å². The number of guanidine groups is 1. The SMILES string of the molecule is CCNC(=NCc1cccc(Cn2ccnc2)c1)NCCCOc1ccccc1.I. The molecule has 0 radical (unpaired) electrons. The lowest BCUT2D eigenvalue weighted by Gasteiger charge is -2.12. The number of para-hydroxylation sites is 1. The number of imidazole rings is 1. The average molecular weight is 519 g/mol. The number of hydrogen-bond donors (Lipinski definition) is 2. The van der Waals surface area contributed by atoms with E-state index in [4.69, 9.17) is 9.73 Å². The van der Waals surface area contributed by atoms with Gasteiger partial charge in [-0.1, -0.05) is 42.5 Å². The largest absolute Gasteiger partial charge is 0.494 e. The topological polar surface area (TPSA) is 63.5 Å². The minimum atomic E-state index is 0. The molecule has 0 fully saturated rings. The van der Waals surface area contributed by atoms with E-state index in [1.807, 2.05) is 42.9 Å². The molecule has 1 heterocycles. The maximum atomic E-state index is 5.73. The average Bonchev–Trinajstić information content (AvgIpc) is 3.26. The Morgan fingerprint density at radius 2 is 1.90 bits per heavy atom. The first-order valence-corrected chi connectivity index (χ1v) is 10.1. The van der Waals surface area contributed by atoms with Crippen LogP contribution in [-0.4, -0.2) is 35.2 Å². The molecule has 0 aliphatic carbocycles. The predicted molar refractivity (Wildman–Crippen MR) is 133 cm³/mol. The van der Waals surface area contributed by atoms with Crippen LogP contribution in [0.1, 0.15) is 24.5 Å². The van der Waals surface area contributed by atoms with Gasteiger partial charge in [-0.15, -0.1) is 24.0 Å².